The highest BCUT2D eigenvalue weighted by atomic mass is 16.1. The van der Waals surface area contributed by atoms with Gasteiger partial charge in [0.05, 0.1) is 17.6 Å². The van der Waals surface area contributed by atoms with Gasteiger partial charge in [-0.3, -0.25) is 14.8 Å². The Bertz CT molecular complexity index is 1350. The van der Waals surface area contributed by atoms with E-state index in [1.807, 2.05) is 18.2 Å². The van der Waals surface area contributed by atoms with Crippen LogP contribution in [0.1, 0.15) is 12.8 Å². The van der Waals surface area contributed by atoms with Crippen molar-refractivity contribution in [3.05, 3.63) is 67.8 Å². The number of aromatic nitrogens is 5. The number of rotatable bonds is 7. The van der Waals surface area contributed by atoms with Crippen LogP contribution in [-0.4, -0.2) is 50.0 Å². The van der Waals surface area contributed by atoms with Crippen LogP contribution in [0.15, 0.2) is 67.8 Å². The van der Waals surface area contributed by atoms with Crippen molar-refractivity contribution in [1.29, 1.82) is 0 Å². The molecule has 0 aliphatic carbocycles. The van der Waals surface area contributed by atoms with Gasteiger partial charge in [0, 0.05) is 35.7 Å². The summed E-state index contributed by atoms with van der Waals surface area (Å²) in [5, 5.41) is 13.6. The monoisotopic (exact) mass is 467 g/mol. The van der Waals surface area contributed by atoms with Gasteiger partial charge in [0.15, 0.2) is 0 Å². The molecule has 0 spiro atoms. The Kier molecular flexibility index (Phi) is 6.53. The molecule has 1 fully saturated rings. The summed E-state index contributed by atoms with van der Waals surface area (Å²) in [7, 11) is 0. The van der Waals surface area contributed by atoms with E-state index in [-0.39, 0.29) is 5.91 Å². The highest BCUT2D eigenvalue weighted by molar-refractivity contribution is 5.99. The van der Waals surface area contributed by atoms with Crippen LogP contribution in [0.5, 0.6) is 0 Å². The first kappa shape index (κ1) is 22.4. The molecule has 5 rings (SSSR count). The van der Waals surface area contributed by atoms with Crippen LogP contribution in [0.3, 0.4) is 0 Å². The highest BCUT2D eigenvalue weighted by Gasteiger charge is 2.14. The van der Waals surface area contributed by atoms with Gasteiger partial charge >= 0.3 is 0 Å². The first-order chi connectivity index (χ1) is 17.2. The second-order valence-electron chi connectivity index (χ2n) is 8.14. The first-order valence-electron chi connectivity index (χ1n) is 11.4. The minimum Gasteiger partial charge on any atom is -0.367 e. The Labute approximate surface area is 202 Å². The molecule has 1 saturated heterocycles. The lowest BCUT2D eigenvalue weighted by Crippen LogP contribution is -2.35. The Balaban J connectivity index is 1.37. The summed E-state index contributed by atoms with van der Waals surface area (Å²) < 4.78 is 0. The maximum absolute atomic E-state index is 11.7. The van der Waals surface area contributed by atoms with E-state index in [0.717, 1.165) is 42.8 Å². The minimum absolute atomic E-state index is 0.299. The number of nitrogens with one attached hydrogen (secondary N) is 4. The summed E-state index contributed by atoms with van der Waals surface area (Å²) >= 11 is 0. The molecule has 4 aromatic heterocycles. The van der Waals surface area contributed by atoms with Crippen LogP contribution in [-0.2, 0) is 4.79 Å². The van der Waals surface area contributed by atoms with E-state index < -0.39 is 0 Å². The van der Waals surface area contributed by atoms with Crippen LogP contribution in [0.4, 0.5) is 23.1 Å². The molecule has 35 heavy (non-hydrogen) atoms. The van der Waals surface area contributed by atoms with Gasteiger partial charge in [-0.25, -0.2) is 15.0 Å². The van der Waals surface area contributed by atoms with Crippen LogP contribution < -0.4 is 21.3 Å². The Morgan fingerprint density at radius 1 is 1.00 bits per heavy atom. The second kappa shape index (κ2) is 10.2. The number of fused-ring (bicyclic) bond motifs is 1. The highest BCUT2D eigenvalue weighted by Crippen LogP contribution is 2.26. The number of anilines is 4. The van der Waals surface area contributed by atoms with Crippen molar-refractivity contribution in [1.82, 2.24) is 30.2 Å². The van der Waals surface area contributed by atoms with Gasteiger partial charge in [0.2, 0.25) is 11.9 Å². The summed E-state index contributed by atoms with van der Waals surface area (Å²) in [6.07, 6.45) is 10.2. The number of hydrogen-bond acceptors (Lipinski definition) is 9. The maximum Gasteiger partial charge on any atom is 0.247 e. The quantitative estimate of drug-likeness (QED) is 0.302. The van der Waals surface area contributed by atoms with Crippen molar-refractivity contribution in [2.45, 2.75) is 18.9 Å². The summed E-state index contributed by atoms with van der Waals surface area (Å²) in [6, 6.07) is 9.63. The number of piperidine rings is 1. The summed E-state index contributed by atoms with van der Waals surface area (Å²) in [5.41, 5.74) is 3.18. The summed E-state index contributed by atoms with van der Waals surface area (Å²) in [5.74, 6) is 0.971. The smallest absolute Gasteiger partial charge is 0.247 e. The van der Waals surface area contributed by atoms with E-state index in [4.69, 9.17) is 4.98 Å². The van der Waals surface area contributed by atoms with Gasteiger partial charge in [-0.1, -0.05) is 6.58 Å². The van der Waals surface area contributed by atoms with Gasteiger partial charge in [0.1, 0.15) is 17.0 Å². The zero-order valence-corrected chi connectivity index (χ0v) is 19.0. The van der Waals surface area contributed by atoms with Crippen molar-refractivity contribution in [3.8, 4) is 11.4 Å². The van der Waals surface area contributed by atoms with Crippen molar-refractivity contribution in [2.75, 3.05) is 29.0 Å². The lowest BCUT2D eigenvalue weighted by atomic mass is 10.1. The first-order valence-corrected chi connectivity index (χ1v) is 11.4. The predicted molar refractivity (Wildman–Crippen MR) is 136 cm³/mol. The van der Waals surface area contributed by atoms with Gasteiger partial charge < -0.3 is 21.3 Å². The van der Waals surface area contributed by atoms with E-state index >= 15 is 0 Å². The number of nitrogens with zero attached hydrogens (tertiary/aromatic N) is 5. The summed E-state index contributed by atoms with van der Waals surface area (Å²) in [4.78, 5) is 34.2. The zero-order chi connectivity index (χ0) is 24.0. The molecule has 0 atom stereocenters. The van der Waals surface area contributed by atoms with E-state index in [0.29, 0.717) is 34.6 Å². The van der Waals surface area contributed by atoms with Gasteiger partial charge in [-0.15, -0.1) is 0 Å². The molecule has 4 aromatic rings. The lowest BCUT2D eigenvalue weighted by molar-refractivity contribution is -0.111. The molecule has 1 amide bonds. The van der Waals surface area contributed by atoms with Crippen molar-refractivity contribution in [2.24, 2.45) is 0 Å². The van der Waals surface area contributed by atoms with Crippen LogP contribution in [0.25, 0.3) is 22.3 Å². The standard InChI is InChI=1S/C25H25N9O/c1-2-22(35)32-18-8-12-27-20(13-18)24-23-16(5-11-28-24)14-30-25(34-23)33-19-3-4-21(29-15-19)31-17-6-9-26-10-7-17/h2-5,8,11-15,17,26H,1,6-7,9-10H2,(H,29,31)(H,27,32,35)(H,30,33,34). The molecule has 0 bridgehead atoms. The fourth-order valence-corrected chi connectivity index (χ4v) is 3.89. The molecular weight excluding hydrogens is 442 g/mol. The van der Waals surface area contributed by atoms with Crippen molar-refractivity contribution < 1.29 is 4.79 Å². The van der Waals surface area contributed by atoms with Gasteiger partial charge in [-0.05, 0) is 62.3 Å². The van der Waals surface area contributed by atoms with Gasteiger partial charge in [-0.2, -0.15) is 0 Å². The molecule has 4 N–H and O–H groups in total. The second-order valence-corrected chi connectivity index (χ2v) is 8.14. The molecule has 0 radical (unpaired) electrons. The maximum atomic E-state index is 11.7. The molecule has 0 unspecified atom stereocenters. The lowest BCUT2D eigenvalue weighted by Gasteiger charge is -2.24. The normalized spacial score (nSPS) is 13.8. The average Bonchev–Trinajstić information content (AvgIpc) is 2.90. The number of carbonyl (C=O) groups excluding carboxylic acids is 1. The third-order valence-corrected chi connectivity index (χ3v) is 5.67. The molecule has 176 valence electrons. The molecule has 5 heterocycles. The average molecular weight is 468 g/mol. The Morgan fingerprint density at radius 2 is 1.86 bits per heavy atom. The molecule has 10 nitrogen and oxygen atoms in total. The molecule has 0 saturated carbocycles. The van der Waals surface area contributed by atoms with Crippen molar-refractivity contribution in [3.63, 3.8) is 0 Å². The van der Waals surface area contributed by atoms with Crippen LogP contribution in [0.2, 0.25) is 0 Å². The molecule has 10 heteroatoms. The number of amides is 1. The van der Waals surface area contributed by atoms with E-state index in [1.54, 1.807) is 36.9 Å². The Hall–Kier alpha value is -4.44. The van der Waals surface area contributed by atoms with E-state index in [9.17, 15) is 4.79 Å². The predicted octanol–water partition coefficient (Wildman–Crippen LogP) is 3.51. The Morgan fingerprint density at radius 3 is 2.66 bits per heavy atom. The number of carbonyl (C=O) groups is 1. The molecule has 1 aliphatic heterocycles. The number of hydrogen-bond donors (Lipinski definition) is 4. The fourth-order valence-electron chi connectivity index (χ4n) is 3.89. The summed E-state index contributed by atoms with van der Waals surface area (Å²) in [6.45, 7) is 5.53. The topological polar surface area (TPSA) is 130 Å². The van der Waals surface area contributed by atoms with Crippen LogP contribution >= 0.6 is 0 Å². The minimum atomic E-state index is -0.299. The third-order valence-electron chi connectivity index (χ3n) is 5.67. The zero-order valence-electron chi connectivity index (χ0n) is 19.0. The molecule has 1 aliphatic rings. The SMILES string of the molecule is C=CC(=O)Nc1ccnc(-c2nccc3cnc(Nc4ccc(NC5CCNCC5)nc4)nc23)c1. The largest absolute Gasteiger partial charge is 0.367 e. The van der Waals surface area contributed by atoms with E-state index in [1.165, 1.54) is 6.08 Å². The number of pyridine rings is 3. The fraction of sp³-hybridized carbons (Fsp3) is 0.200. The van der Waals surface area contributed by atoms with E-state index in [2.05, 4.69) is 47.8 Å². The third kappa shape index (κ3) is 5.39. The molecule has 0 aromatic carbocycles. The van der Waals surface area contributed by atoms with Crippen molar-refractivity contribution >= 4 is 40.0 Å². The van der Waals surface area contributed by atoms with Gasteiger partial charge in [0.25, 0.3) is 0 Å². The molecular formula is C25H25N9O. The van der Waals surface area contributed by atoms with Crippen LogP contribution in [0, 0.1) is 0 Å².